The van der Waals surface area contributed by atoms with Gasteiger partial charge >= 0.3 is 19.5 Å². The van der Waals surface area contributed by atoms with Crippen LogP contribution in [0.5, 0.6) is 5.75 Å². The van der Waals surface area contributed by atoms with E-state index in [0.717, 1.165) is 24.8 Å². The molecule has 0 aliphatic rings. The summed E-state index contributed by atoms with van der Waals surface area (Å²) >= 11 is 9.84. The molecule has 0 fully saturated rings. The van der Waals surface area contributed by atoms with Gasteiger partial charge in [-0.25, -0.2) is 0 Å². The van der Waals surface area contributed by atoms with Crippen LogP contribution in [-0.4, -0.2) is 0 Å². The summed E-state index contributed by atoms with van der Waals surface area (Å²) in [6, 6.07) is 6.41. The number of benzene rings is 1. The zero-order chi connectivity index (χ0) is 25.6. The van der Waals surface area contributed by atoms with Gasteiger partial charge in [-0.05, 0) is 42.9 Å². The molecule has 0 N–H and O–H groups in total. The number of hydrogen-bond acceptors (Lipinski definition) is 4. The molecule has 1 aromatic rings. The average Bonchev–Trinajstić information content (AvgIpc) is 2.81. The maximum atomic E-state index is 12.0. The summed E-state index contributed by atoms with van der Waals surface area (Å²) < 4.78 is 5.60. The van der Waals surface area contributed by atoms with E-state index < -0.39 is 6.12 Å². The van der Waals surface area contributed by atoms with Crippen LogP contribution in [0.4, 0.5) is 0 Å². The van der Waals surface area contributed by atoms with Crippen LogP contribution in [0.3, 0.4) is 0 Å². The summed E-state index contributed by atoms with van der Waals surface area (Å²) in [4.78, 5) is 12.0. The Labute approximate surface area is 248 Å². The van der Waals surface area contributed by atoms with Crippen LogP contribution in [0, 0.1) is 0 Å². The molecule has 0 amide bonds. The van der Waals surface area contributed by atoms with Crippen molar-refractivity contribution in [1.29, 1.82) is 0 Å². The van der Waals surface area contributed by atoms with Crippen molar-refractivity contribution in [3.8, 4) is 5.75 Å². The standard InChI is InChI=1S/C30H55O2PS2.Zn/c1-3-5-7-9-11-13-15-17-19-21-23-28-25-26-29(30(27-28)32-33(31,34)35)24-22-20-18-16-14-12-10-8-6-4-2;/h25-27H,3-24H2,1-2H3,(H2,31,34,35);/q;+2/p-2. The molecule has 0 saturated heterocycles. The van der Waals surface area contributed by atoms with Crippen molar-refractivity contribution in [1.82, 2.24) is 0 Å². The van der Waals surface area contributed by atoms with Gasteiger partial charge in [0.1, 0.15) is 0 Å². The zero-order valence-corrected chi connectivity index (χ0v) is 29.1. The normalized spacial score (nSPS) is 11.5. The van der Waals surface area contributed by atoms with Gasteiger partial charge in [0.05, 0.1) is 0 Å². The van der Waals surface area contributed by atoms with Crippen LogP contribution < -0.4 is 9.42 Å². The SMILES string of the molecule is CCCCCCCCCCCCc1ccc(CCCCCCCCCCCC)c(O[P+]([O-])([S-])[S-])c1.[Zn+2]. The first-order valence-electron chi connectivity index (χ1n) is 14.8. The van der Waals surface area contributed by atoms with Gasteiger partial charge in [-0.2, -0.15) is 0 Å². The van der Waals surface area contributed by atoms with E-state index in [1.54, 1.807) is 0 Å². The van der Waals surface area contributed by atoms with E-state index in [2.05, 4.69) is 26.0 Å². The molecule has 1 rings (SSSR count). The van der Waals surface area contributed by atoms with Crippen molar-refractivity contribution in [3.63, 3.8) is 0 Å². The van der Waals surface area contributed by atoms with E-state index in [1.165, 1.54) is 128 Å². The zero-order valence-electron chi connectivity index (χ0n) is 23.6. The molecule has 36 heavy (non-hydrogen) atoms. The van der Waals surface area contributed by atoms with Gasteiger partial charge < -0.3 is 33.9 Å². The van der Waals surface area contributed by atoms with E-state index in [4.69, 9.17) is 29.0 Å². The fourth-order valence-electron chi connectivity index (χ4n) is 4.79. The minimum atomic E-state index is -3.39. The van der Waals surface area contributed by atoms with Crippen molar-refractivity contribution in [2.45, 2.75) is 155 Å². The second kappa shape index (κ2) is 24.8. The summed E-state index contributed by atoms with van der Waals surface area (Å²) in [5.74, 6) is 0.666. The van der Waals surface area contributed by atoms with Crippen LogP contribution in [-0.2, 0) is 56.8 Å². The maximum Gasteiger partial charge on any atom is 2.00 e. The van der Waals surface area contributed by atoms with Gasteiger partial charge in [-0.3, -0.25) is 0 Å². The predicted molar refractivity (Wildman–Crippen MR) is 160 cm³/mol. The van der Waals surface area contributed by atoms with Crippen molar-refractivity contribution < 1.29 is 28.9 Å². The Morgan fingerprint density at radius 3 is 1.42 bits per heavy atom. The third-order valence-electron chi connectivity index (χ3n) is 6.96. The summed E-state index contributed by atoms with van der Waals surface area (Å²) in [7, 11) is 0. The van der Waals surface area contributed by atoms with Crippen LogP contribution in [0.2, 0.25) is 0 Å². The number of hydrogen-bond donors (Lipinski definition) is 0. The molecule has 0 spiro atoms. The molecular weight excluding hydrogens is 553 g/mol. The topological polar surface area (TPSA) is 32.3 Å². The molecule has 0 aromatic heterocycles. The molecule has 0 radical (unpaired) electrons. The minimum Gasteiger partial charge on any atom is -0.682 e. The Bertz CT molecular complexity index is 625. The molecule has 0 aliphatic carbocycles. The third kappa shape index (κ3) is 21.6. The molecule has 204 valence electrons. The second-order valence-corrected chi connectivity index (χ2v) is 15.0. The van der Waals surface area contributed by atoms with Gasteiger partial charge in [0.15, 0.2) is 5.75 Å². The van der Waals surface area contributed by atoms with Gasteiger partial charge in [0, 0.05) is 0 Å². The monoisotopic (exact) mass is 604 g/mol. The second-order valence-electron chi connectivity index (χ2n) is 10.3. The largest absolute Gasteiger partial charge is 2.00 e. The predicted octanol–water partition coefficient (Wildman–Crippen LogP) is 10.1. The Morgan fingerprint density at radius 2 is 1.00 bits per heavy atom. The Morgan fingerprint density at radius 1 is 0.611 bits per heavy atom. The van der Waals surface area contributed by atoms with Crippen LogP contribution in [0.25, 0.3) is 0 Å². The molecular formula is C30H53O2PS2Zn. The molecule has 0 bridgehead atoms. The first-order chi connectivity index (χ1) is 17.0. The molecule has 0 saturated carbocycles. The fourth-order valence-corrected chi connectivity index (χ4v) is 5.68. The van der Waals surface area contributed by atoms with Gasteiger partial charge in [-0.15, -0.1) is 6.12 Å². The van der Waals surface area contributed by atoms with Crippen molar-refractivity contribution in [2.24, 2.45) is 0 Å². The average molecular weight is 606 g/mol. The van der Waals surface area contributed by atoms with E-state index in [1.807, 2.05) is 6.07 Å². The Balaban J connectivity index is 0.0000122. The summed E-state index contributed by atoms with van der Waals surface area (Å²) in [6.45, 7) is 4.54. The molecule has 1 aromatic carbocycles. The van der Waals surface area contributed by atoms with Crippen LogP contribution >= 0.6 is 6.12 Å². The Kier molecular flexibility index (Phi) is 25.3. The van der Waals surface area contributed by atoms with E-state index >= 15 is 0 Å². The molecule has 0 heterocycles. The quantitative estimate of drug-likeness (QED) is 0.0508. The third-order valence-corrected chi connectivity index (χ3v) is 7.83. The van der Waals surface area contributed by atoms with Crippen LogP contribution in [0.1, 0.15) is 153 Å². The Hall–Kier alpha value is 0.733. The summed E-state index contributed by atoms with van der Waals surface area (Å²) in [5.41, 5.74) is 2.34. The van der Waals surface area contributed by atoms with E-state index in [-0.39, 0.29) is 19.5 Å². The number of rotatable bonds is 24. The maximum absolute atomic E-state index is 12.0. The van der Waals surface area contributed by atoms with E-state index in [0.29, 0.717) is 5.75 Å². The number of aryl methyl sites for hydroxylation is 2. The van der Waals surface area contributed by atoms with Gasteiger partial charge in [0.25, 0.3) is 0 Å². The van der Waals surface area contributed by atoms with Crippen molar-refractivity contribution in [2.75, 3.05) is 0 Å². The van der Waals surface area contributed by atoms with E-state index in [9.17, 15) is 4.89 Å². The molecule has 2 nitrogen and oxygen atoms in total. The first-order valence-corrected chi connectivity index (χ1v) is 18.4. The fraction of sp³-hybridized carbons (Fsp3) is 0.800. The van der Waals surface area contributed by atoms with Gasteiger partial charge in [-0.1, -0.05) is 142 Å². The molecule has 6 heteroatoms. The molecule has 0 unspecified atom stereocenters. The molecule has 0 aliphatic heterocycles. The van der Waals surface area contributed by atoms with Gasteiger partial charge in [0.2, 0.25) is 0 Å². The first kappa shape index (κ1) is 36.7. The summed E-state index contributed by atoms with van der Waals surface area (Å²) in [6.07, 6.45) is 25.2. The van der Waals surface area contributed by atoms with Crippen LogP contribution in [0.15, 0.2) is 18.2 Å². The van der Waals surface area contributed by atoms with Crippen molar-refractivity contribution >= 4 is 30.6 Å². The smallest absolute Gasteiger partial charge is 0.682 e. The van der Waals surface area contributed by atoms with Crippen molar-refractivity contribution in [3.05, 3.63) is 29.3 Å². The molecule has 0 atom stereocenters. The summed E-state index contributed by atoms with van der Waals surface area (Å²) in [5, 5.41) is 0. The minimum absolute atomic E-state index is 0. The number of unbranched alkanes of at least 4 members (excludes halogenated alkanes) is 18.